The van der Waals surface area contributed by atoms with Gasteiger partial charge in [-0.25, -0.2) is 0 Å². The van der Waals surface area contributed by atoms with Gasteiger partial charge in [0.25, 0.3) is 11.6 Å². The van der Waals surface area contributed by atoms with Crippen molar-refractivity contribution < 1.29 is 9.72 Å². The number of carbonyl (C=O) groups is 1. The number of benzene rings is 2. The van der Waals surface area contributed by atoms with E-state index in [1.807, 2.05) is 0 Å². The largest absolute Gasteiger partial charge is 0.330 e. The number of amides is 1. The van der Waals surface area contributed by atoms with Gasteiger partial charge in [-0.15, -0.1) is 0 Å². The van der Waals surface area contributed by atoms with Crippen molar-refractivity contribution in [3.05, 3.63) is 69.2 Å². The van der Waals surface area contributed by atoms with Gasteiger partial charge in [0, 0.05) is 17.7 Å². The Bertz CT molecular complexity index is 769. The van der Waals surface area contributed by atoms with Crippen LogP contribution in [-0.2, 0) is 0 Å². The summed E-state index contributed by atoms with van der Waals surface area (Å²) in [7, 11) is 0. The predicted octanol–water partition coefficient (Wildman–Crippen LogP) is 2.88. The third-order valence-corrected chi connectivity index (χ3v) is 3.26. The normalized spacial score (nSPS) is 9.78. The van der Waals surface area contributed by atoms with E-state index in [-0.39, 0.29) is 16.4 Å². The minimum Gasteiger partial charge on any atom is -0.330 e. The molecule has 2 aromatic carbocycles. The number of para-hydroxylation sites is 1. The first-order chi connectivity index (χ1) is 11.0. The van der Waals surface area contributed by atoms with E-state index in [2.05, 4.69) is 16.2 Å². The standard InChI is InChI=1S/C14H11ClN4O3S/c15-11-6-1-2-7-12(11)16-14(23)18-17-13(20)9-4-3-5-10(8-9)19(21)22/h1-8H,(H,17,20)(H2,16,18,23). The first kappa shape index (κ1) is 16.7. The van der Waals surface area contributed by atoms with E-state index in [4.69, 9.17) is 23.8 Å². The van der Waals surface area contributed by atoms with E-state index in [9.17, 15) is 14.9 Å². The highest BCUT2D eigenvalue weighted by molar-refractivity contribution is 7.80. The Labute approximate surface area is 141 Å². The Balaban J connectivity index is 1.94. The summed E-state index contributed by atoms with van der Waals surface area (Å²) in [4.78, 5) is 22.0. The zero-order chi connectivity index (χ0) is 16.8. The number of hydrogen-bond donors (Lipinski definition) is 3. The number of non-ortho nitro benzene ring substituents is 1. The molecular formula is C14H11ClN4O3S. The van der Waals surface area contributed by atoms with Crippen molar-refractivity contribution in [3.63, 3.8) is 0 Å². The van der Waals surface area contributed by atoms with Crippen LogP contribution in [0.3, 0.4) is 0 Å². The molecule has 7 nitrogen and oxygen atoms in total. The molecule has 3 N–H and O–H groups in total. The van der Waals surface area contributed by atoms with Gasteiger partial charge >= 0.3 is 0 Å². The lowest BCUT2D eigenvalue weighted by Gasteiger charge is -2.12. The third kappa shape index (κ3) is 4.63. The van der Waals surface area contributed by atoms with Crippen molar-refractivity contribution in [2.24, 2.45) is 0 Å². The first-order valence-electron chi connectivity index (χ1n) is 6.33. The zero-order valence-corrected chi connectivity index (χ0v) is 13.1. The average molecular weight is 351 g/mol. The summed E-state index contributed by atoms with van der Waals surface area (Å²) in [6.07, 6.45) is 0. The second kappa shape index (κ2) is 7.52. The van der Waals surface area contributed by atoms with Gasteiger partial charge in [0.05, 0.1) is 15.6 Å². The summed E-state index contributed by atoms with van der Waals surface area (Å²) < 4.78 is 0. The monoisotopic (exact) mass is 350 g/mol. The van der Waals surface area contributed by atoms with Gasteiger partial charge in [0.15, 0.2) is 5.11 Å². The Morgan fingerprint density at radius 2 is 1.87 bits per heavy atom. The smallest absolute Gasteiger partial charge is 0.270 e. The molecule has 0 saturated heterocycles. The van der Waals surface area contributed by atoms with Crippen molar-refractivity contribution in [1.29, 1.82) is 0 Å². The molecule has 2 aromatic rings. The fraction of sp³-hybridized carbons (Fsp3) is 0. The molecule has 23 heavy (non-hydrogen) atoms. The fourth-order valence-electron chi connectivity index (χ4n) is 1.66. The topological polar surface area (TPSA) is 96.3 Å². The van der Waals surface area contributed by atoms with Gasteiger partial charge in [-0.3, -0.25) is 25.8 Å². The first-order valence-corrected chi connectivity index (χ1v) is 7.12. The van der Waals surface area contributed by atoms with E-state index >= 15 is 0 Å². The van der Waals surface area contributed by atoms with Crippen LogP contribution < -0.4 is 16.2 Å². The molecular weight excluding hydrogens is 340 g/mol. The number of nitro groups is 1. The maximum absolute atomic E-state index is 11.9. The molecule has 0 aliphatic rings. The van der Waals surface area contributed by atoms with Crippen LogP contribution in [-0.4, -0.2) is 15.9 Å². The van der Waals surface area contributed by atoms with Crippen molar-refractivity contribution in [3.8, 4) is 0 Å². The Kier molecular flexibility index (Phi) is 5.45. The molecule has 2 rings (SSSR count). The highest BCUT2D eigenvalue weighted by Crippen LogP contribution is 2.20. The van der Waals surface area contributed by atoms with Crippen molar-refractivity contribution >= 4 is 46.2 Å². The molecule has 9 heteroatoms. The van der Waals surface area contributed by atoms with E-state index in [0.717, 1.165) is 0 Å². The minimum absolute atomic E-state index is 0.122. The van der Waals surface area contributed by atoms with Gasteiger partial charge in [-0.05, 0) is 30.4 Å². The highest BCUT2D eigenvalue weighted by Gasteiger charge is 2.11. The van der Waals surface area contributed by atoms with E-state index in [1.165, 1.54) is 24.3 Å². The van der Waals surface area contributed by atoms with Crippen LogP contribution in [0.25, 0.3) is 0 Å². The minimum atomic E-state index is -0.576. The summed E-state index contributed by atoms with van der Waals surface area (Å²) in [5.41, 5.74) is 5.38. The maximum Gasteiger partial charge on any atom is 0.270 e. The molecule has 0 bridgehead atoms. The maximum atomic E-state index is 11.9. The van der Waals surface area contributed by atoms with Gasteiger partial charge in [-0.1, -0.05) is 29.8 Å². The van der Waals surface area contributed by atoms with Crippen molar-refractivity contribution in [2.45, 2.75) is 0 Å². The van der Waals surface area contributed by atoms with Gasteiger partial charge in [-0.2, -0.15) is 0 Å². The number of thiocarbonyl (C=S) groups is 1. The molecule has 0 aliphatic heterocycles. The number of nitrogens with one attached hydrogen (secondary N) is 3. The molecule has 0 aliphatic carbocycles. The number of carbonyl (C=O) groups excluding carboxylic acids is 1. The number of rotatable bonds is 3. The lowest BCUT2D eigenvalue weighted by atomic mass is 10.2. The van der Waals surface area contributed by atoms with E-state index in [0.29, 0.717) is 10.7 Å². The number of hydrazine groups is 1. The van der Waals surface area contributed by atoms with Crippen LogP contribution in [0.2, 0.25) is 5.02 Å². The molecule has 0 heterocycles. The van der Waals surface area contributed by atoms with Crippen LogP contribution in [0, 0.1) is 10.1 Å². The number of halogens is 1. The Morgan fingerprint density at radius 1 is 1.13 bits per heavy atom. The number of nitrogens with zero attached hydrogens (tertiary/aromatic N) is 1. The molecule has 0 atom stereocenters. The Hall–Kier alpha value is -2.71. The van der Waals surface area contributed by atoms with Crippen LogP contribution in [0.1, 0.15) is 10.4 Å². The molecule has 0 unspecified atom stereocenters. The Morgan fingerprint density at radius 3 is 2.57 bits per heavy atom. The molecule has 0 spiro atoms. The van der Waals surface area contributed by atoms with Crippen LogP contribution >= 0.6 is 23.8 Å². The van der Waals surface area contributed by atoms with Crippen LogP contribution in [0.5, 0.6) is 0 Å². The van der Waals surface area contributed by atoms with Gasteiger partial charge in [0.2, 0.25) is 0 Å². The lowest BCUT2D eigenvalue weighted by molar-refractivity contribution is -0.384. The van der Waals surface area contributed by atoms with Crippen molar-refractivity contribution in [2.75, 3.05) is 5.32 Å². The summed E-state index contributed by atoms with van der Waals surface area (Å²) in [6.45, 7) is 0. The highest BCUT2D eigenvalue weighted by atomic mass is 35.5. The number of anilines is 1. The summed E-state index contributed by atoms with van der Waals surface area (Å²) in [5.74, 6) is -0.558. The quantitative estimate of drug-likeness (QED) is 0.447. The zero-order valence-electron chi connectivity index (χ0n) is 11.6. The van der Waals surface area contributed by atoms with Gasteiger partial charge < -0.3 is 5.32 Å². The predicted molar refractivity (Wildman–Crippen MR) is 91.4 cm³/mol. The fourth-order valence-corrected chi connectivity index (χ4v) is 2.01. The van der Waals surface area contributed by atoms with Crippen LogP contribution in [0.4, 0.5) is 11.4 Å². The molecule has 0 aromatic heterocycles. The second-order valence-corrected chi connectivity index (χ2v) is 5.14. The van der Waals surface area contributed by atoms with Gasteiger partial charge in [0.1, 0.15) is 0 Å². The molecule has 0 fully saturated rings. The molecule has 1 amide bonds. The molecule has 0 radical (unpaired) electrons. The third-order valence-electron chi connectivity index (χ3n) is 2.73. The molecule has 0 saturated carbocycles. The number of hydrogen-bond acceptors (Lipinski definition) is 4. The second-order valence-electron chi connectivity index (χ2n) is 4.32. The number of nitro benzene ring substituents is 1. The molecule has 118 valence electrons. The summed E-state index contributed by atoms with van der Waals surface area (Å²) >= 11 is 11.0. The van der Waals surface area contributed by atoms with Crippen molar-refractivity contribution in [1.82, 2.24) is 10.9 Å². The van der Waals surface area contributed by atoms with E-state index < -0.39 is 10.8 Å². The summed E-state index contributed by atoms with van der Waals surface area (Å²) in [6, 6.07) is 12.3. The summed E-state index contributed by atoms with van der Waals surface area (Å²) in [5, 5.41) is 14.1. The van der Waals surface area contributed by atoms with E-state index in [1.54, 1.807) is 24.3 Å². The SMILES string of the molecule is O=C(NNC(=S)Nc1ccccc1Cl)c1cccc([N+](=O)[O-])c1. The average Bonchev–Trinajstić information content (AvgIpc) is 2.55. The lowest BCUT2D eigenvalue weighted by Crippen LogP contribution is -2.43. The van der Waals surface area contributed by atoms with Crippen LogP contribution in [0.15, 0.2) is 48.5 Å².